The minimum atomic E-state index is -1.11. The van der Waals surface area contributed by atoms with E-state index in [4.69, 9.17) is 0 Å². The summed E-state index contributed by atoms with van der Waals surface area (Å²) in [6.45, 7) is 8.04. The second-order valence-electron chi connectivity index (χ2n) is 6.44. The molecule has 0 bridgehead atoms. The molecule has 2 amide bonds. The fourth-order valence-corrected chi connectivity index (χ4v) is 2.86. The molecule has 5 nitrogen and oxygen atoms in total. The summed E-state index contributed by atoms with van der Waals surface area (Å²) in [5.74, 6) is -0.599. The number of carbonyl (C=O) groups excluding carboxylic acids is 1. The quantitative estimate of drug-likeness (QED) is 0.726. The summed E-state index contributed by atoms with van der Waals surface area (Å²) in [6.07, 6.45) is 4.51. The van der Waals surface area contributed by atoms with Crippen molar-refractivity contribution >= 4 is 12.0 Å². The van der Waals surface area contributed by atoms with E-state index < -0.39 is 11.5 Å². The van der Waals surface area contributed by atoms with Crippen molar-refractivity contribution in [2.75, 3.05) is 0 Å². The molecule has 1 aliphatic rings. The molecule has 3 N–H and O–H groups in total. The predicted octanol–water partition coefficient (Wildman–Crippen LogP) is 2.90. The zero-order valence-corrected chi connectivity index (χ0v) is 13.1. The number of amides is 2. The Hall–Kier alpha value is -1.26. The van der Waals surface area contributed by atoms with Crippen LogP contribution in [-0.2, 0) is 4.79 Å². The van der Waals surface area contributed by atoms with Crippen LogP contribution in [0.25, 0.3) is 0 Å². The van der Waals surface area contributed by atoms with Crippen LogP contribution in [0.1, 0.15) is 66.2 Å². The predicted molar refractivity (Wildman–Crippen MR) is 78.7 cm³/mol. The van der Waals surface area contributed by atoms with E-state index in [-0.39, 0.29) is 11.6 Å². The molecule has 0 radical (unpaired) electrons. The summed E-state index contributed by atoms with van der Waals surface area (Å²) in [6, 6.07) is -0.368. The largest absolute Gasteiger partial charge is 0.480 e. The summed E-state index contributed by atoms with van der Waals surface area (Å²) in [7, 11) is 0. The number of carboxylic acids is 1. The van der Waals surface area contributed by atoms with Crippen LogP contribution < -0.4 is 10.6 Å². The molecule has 1 fully saturated rings. The van der Waals surface area contributed by atoms with Gasteiger partial charge >= 0.3 is 12.0 Å². The maximum atomic E-state index is 12.2. The number of hydrogen-bond acceptors (Lipinski definition) is 2. The molecule has 0 aliphatic heterocycles. The van der Waals surface area contributed by atoms with Crippen molar-refractivity contribution in [3.05, 3.63) is 0 Å². The molecule has 1 rings (SSSR count). The summed E-state index contributed by atoms with van der Waals surface area (Å²) in [4.78, 5) is 23.8. The van der Waals surface area contributed by atoms with Crippen LogP contribution in [-0.4, -0.2) is 28.2 Å². The lowest BCUT2D eigenvalue weighted by atomic mass is 9.76. The summed E-state index contributed by atoms with van der Waals surface area (Å²) in [5, 5.41) is 15.2. The van der Waals surface area contributed by atoms with Gasteiger partial charge in [0.2, 0.25) is 0 Å². The van der Waals surface area contributed by atoms with Gasteiger partial charge in [-0.1, -0.05) is 33.6 Å². The smallest absolute Gasteiger partial charge is 0.329 e. The number of aliphatic carboxylic acids is 1. The third-order valence-corrected chi connectivity index (χ3v) is 4.74. The molecule has 0 spiro atoms. The highest BCUT2D eigenvalue weighted by Crippen LogP contribution is 2.32. The van der Waals surface area contributed by atoms with Crippen LogP contribution in [0.15, 0.2) is 0 Å². The molecule has 2 unspecified atom stereocenters. The first kappa shape index (κ1) is 16.8. The Kier molecular flexibility index (Phi) is 5.42. The molecule has 1 aliphatic carbocycles. The molecule has 2 atom stereocenters. The van der Waals surface area contributed by atoms with Crippen molar-refractivity contribution in [1.82, 2.24) is 10.6 Å². The highest BCUT2D eigenvalue weighted by molar-refractivity contribution is 5.86. The Morgan fingerprint density at radius 3 is 2.40 bits per heavy atom. The lowest BCUT2D eigenvalue weighted by Crippen LogP contribution is -2.61. The Morgan fingerprint density at radius 2 is 1.95 bits per heavy atom. The number of carbonyl (C=O) groups is 2. The van der Waals surface area contributed by atoms with Gasteiger partial charge in [0.25, 0.3) is 0 Å². The van der Waals surface area contributed by atoms with E-state index in [0.717, 1.165) is 25.7 Å². The normalized spacial score (nSPS) is 26.9. The van der Waals surface area contributed by atoms with Gasteiger partial charge in [0, 0.05) is 5.54 Å². The lowest BCUT2D eigenvalue weighted by Gasteiger charge is -2.38. The van der Waals surface area contributed by atoms with E-state index in [1.54, 1.807) is 0 Å². The fourth-order valence-electron chi connectivity index (χ4n) is 2.86. The van der Waals surface area contributed by atoms with Crippen LogP contribution in [0.4, 0.5) is 4.79 Å². The Balaban J connectivity index is 2.76. The Bertz CT molecular complexity index is 366. The first-order valence-corrected chi connectivity index (χ1v) is 7.60. The Morgan fingerprint density at radius 1 is 1.35 bits per heavy atom. The number of rotatable bonds is 5. The SMILES string of the molecule is CCC(C)(CC)NC(=O)NC1(C(=O)O)CCCC(C)C1. The van der Waals surface area contributed by atoms with Crippen molar-refractivity contribution < 1.29 is 14.7 Å². The van der Waals surface area contributed by atoms with Gasteiger partial charge in [0.15, 0.2) is 0 Å². The van der Waals surface area contributed by atoms with E-state index in [0.29, 0.717) is 18.8 Å². The molecule has 0 aromatic rings. The van der Waals surface area contributed by atoms with Crippen LogP contribution in [0, 0.1) is 5.92 Å². The molecular formula is C15H28N2O3. The van der Waals surface area contributed by atoms with Gasteiger partial charge in [-0.05, 0) is 38.5 Å². The van der Waals surface area contributed by atoms with Crippen LogP contribution in [0.3, 0.4) is 0 Å². The van der Waals surface area contributed by atoms with Crippen molar-refractivity contribution in [2.24, 2.45) is 5.92 Å². The van der Waals surface area contributed by atoms with Gasteiger partial charge in [-0.3, -0.25) is 0 Å². The van der Waals surface area contributed by atoms with Gasteiger partial charge < -0.3 is 15.7 Å². The maximum absolute atomic E-state index is 12.2. The molecule has 0 saturated heterocycles. The fraction of sp³-hybridized carbons (Fsp3) is 0.867. The van der Waals surface area contributed by atoms with E-state index in [1.807, 2.05) is 27.7 Å². The summed E-state index contributed by atoms with van der Waals surface area (Å²) in [5.41, 5.74) is -1.39. The third-order valence-electron chi connectivity index (χ3n) is 4.74. The monoisotopic (exact) mass is 284 g/mol. The second-order valence-corrected chi connectivity index (χ2v) is 6.44. The average molecular weight is 284 g/mol. The van der Waals surface area contributed by atoms with Gasteiger partial charge in [-0.2, -0.15) is 0 Å². The van der Waals surface area contributed by atoms with Crippen LogP contribution in [0.5, 0.6) is 0 Å². The molecular weight excluding hydrogens is 256 g/mol. The standard InChI is InChI=1S/C15H28N2O3/c1-5-14(4,6-2)16-13(20)17-15(12(18)19)9-7-8-11(3)10-15/h11H,5-10H2,1-4H3,(H,18,19)(H2,16,17,20). The minimum absolute atomic E-state index is 0.288. The third kappa shape index (κ3) is 3.87. The first-order valence-electron chi connectivity index (χ1n) is 7.60. The molecule has 5 heteroatoms. The number of nitrogens with one attached hydrogen (secondary N) is 2. The van der Waals surface area contributed by atoms with Crippen molar-refractivity contribution in [3.8, 4) is 0 Å². The molecule has 1 saturated carbocycles. The zero-order valence-electron chi connectivity index (χ0n) is 13.1. The number of hydrogen-bond donors (Lipinski definition) is 3. The average Bonchev–Trinajstić information content (AvgIpc) is 2.38. The molecule has 20 heavy (non-hydrogen) atoms. The van der Waals surface area contributed by atoms with Crippen LogP contribution in [0.2, 0.25) is 0 Å². The van der Waals surface area contributed by atoms with Crippen LogP contribution >= 0.6 is 0 Å². The molecule has 0 aromatic heterocycles. The molecule has 0 aromatic carbocycles. The van der Waals surface area contributed by atoms with E-state index in [1.165, 1.54) is 0 Å². The van der Waals surface area contributed by atoms with Gasteiger partial charge in [0.05, 0.1) is 0 Å². The highest BCUT2D eigenvalue weighted by atomic mass is 16.4. The topological polar surface area (TPSA) is 78.4 Å². The maximum Gasteiger partial charge on any atom is 0.329 e. The minimum Gasteiger partial charge on any atom is -0.480 e. The second kappa shape index (κ2) is 6.46. The van der Waals surface area contributed by atoms with Gasteiger partial charge in [0.1, 0.15) is 5.54 Å². The van der Waals surface area contributed by atoms with Crippen molar-refractivity contribution in [2.45, 2.75) is 77.3 Å². The Labute approximate surface area is 121 Å². The molecule has 116 valence electrons. The lowest BCUT2D eigenvalue weighted by molar-refractivity contribution is -0.146. The van der Waals surface area contributed by atoms with Gasteiger partial charge in [-0.15, -0.1) is 0 Å². The van der Waals surface area contributed by atoms with E-state index >= 15 is 0 Å². The highest BCUT2D eigenvalue weighted by Gasteiger charge is 2.43. The van der Waals surface area contributed by atoms with Crippen molar-refractivity contribution in [1.29, 1.82) is 0 Å². The van der Waals surface area contributed by atoms with E-state index in [2.05, 4.69) is 10.6 Å². The van der Waals surface area contributed by atoms with Crippen molar-refractivity contribution in [3.63, 3.8) is 0 Å². The molecule has 0 heterocycles. The van der Waals surface area contributed by atoms with Gasteiger partial charge in [-0.25, -0.2) is 9.59 Å². The summed E-state index contributed by atoms with van der Waals surface area (Å²) >= 11 is 0. The first-order chi connectivity index (χ1) is 9.27. The van der Waals surface area contributed by atoms with E-state index in [9.17, 15) is 14.7 Å². The number of urea groups is 1. The summed E-state index contributed by atoms with van der Waals surface area (Å²) < 4.78 is 0. The zero-order chi connectivity index (χ0) is 15.4. The number of carboxylic acid groups (broad SMARTS) is 1.